The van der Waals surface area contributed by atoms with Gasteiger partial charge in [0.05, 0.1) is 18.3 Å². The molecule has 0 radical (unpaired) electrons. The Morgan fingerprint density at radius 1 is 1.15 bits per heavy atom. The quantitative estimate of drug-likeness (QED) is 0.769. The number of nitrogens with one attached hydrogen (secondary N) is 1. The van der Waals surface area contributed by atoms with E-state index in [9.17, 15) is 0 Å². The fourth-order valence-electron chi connectivity index (χ4n) is 2.16. The van der Waals surface area contributed by atoms with Crippen LogP contribution < -0.4 is 4.74 Å². The zero-order chi connectivity index (χ0) is 13.8. The lowest BCUT2D eigenvalue weighted by atomic mass is 10.1. The van der Waals surface area contributed by atoms with Gasteiger partial charge in [0.25, 0.3) is 0 Å². The van der Waals surface area contributed by atoms with Crippen LogP contribution in [0.25, 0.3) is 23.1 Å². The van der Waals surface area contributed by atoms with E-state index in [0.717, 1.165) is 22.4 Å². The number of fused-ring (bicyclic) bond motifs is 1. The van der Waals surface area contributed by atoms with Crippen molar-refractivity contribution in [2.75, 3.05) is 6.61 Å². The van der Waals surface area contributed by atoms with Crippen LogP contribution in [0.2, 0.25) is 0 Å². The maximum atomic E-state index is 5.43. The number of H-pyrrole nitrogens is 1. The average molecular weight is 264 g/mol. The first-order valence-electron chi connectivity index (χ1n) is 6.69. The third-order valence-electron chi connectivity index (χ3n) is 3.16. The number of aromatic nitrogens is 2. The second kappa shape index (κ2) is 5.61. The van der Waals surface area contributed by atoms with E-state index in [0.29, 0.717) is 6.61 Å². The summed E-state index contributed by atoms with van der Waals surface area (Å²) in [5.41, 5.74) is 3.37. The summed E-state index contributed by atoms with van der Waals surface area (Å²) < 4.78 is 5.43. The van der Waals surface area contributed by atoms with Gasteiger partial charge in [-0.25, -0.2) is 0 Å². The molecule has 0 saturated heterocycles. The molecule has 3 aromatic rings. The highest BCUT2D eigenvalue weighted by Gasteiger charge is 1.99. The Labute approximate surface area is 117 Å². The van der Waals surface area contributed by atoms with Gasteiger partial charge in [0.1, 0.15) is 5.75 Å². The first-order valence-corrected chi connectivity index (χ1v) is 6.69. The Hall–Kier alpha value is -2.55. The Balaban J connectivity index is 1.83. The lowest BCUT2D eigenvalue weighted by Crippen LogP contribution is -1.90. The van der Waals surface area contributed by atoms with Crippen LogP contribution in [0.3, 0.4) is 0 Å². The first kappa shape index (κ1) is 12.5. The van der Waals surface area contributed by atoms with Crippen LogP contribution in [-0.4, -0.2) is 16.6 Å². The van der Waals surface area contributed by atoms with Crippen LogP contribution in [0, 0.1) is 0 Å². The summed E-state index contributed by atoms with van der Waals surface area (Å²) in [6, 6.07) is 10.1. The molecule has 2 aromatic heterocycles. The fourth-order valence-corrected chi connectivity index (χ4v) is 2.16. The molecule has 3 nitrogen and oxygen atoms in total. The molecule has 3 heteroatoms. The van der Waals surface area contributed by atoms with Crippen molar-refractivity contribution >= 4 is 23.1 Å². The van der Waals surface area contributed by atoms with Crippen molar-refractivity contribution in [2.24, 2.45) is 0 Å². The van der Waals surface area contributed by atoms with E-state index >= 15 is 0 Å². The van der Waals surface area contributed by atoms with Gasteiger partial charge < -0.3 is 9.72 Å². The normalized spacial score (nSPS) is 11.2. The van der Waals surface area contributed by atoms with Gasteiger partial charge in [0.2, 0.25) is 0 Å². The molecule has 0 spiro atoms. The molecule has 0 aliphatic heterocycles. The van der Waals surface area contributed by atoms with E-state index < -0.39 is 0 Å². The van der Waals surface area contributed by atoms with Crippen molar-refractivity contribution in [1.82, 2.24) is 9.97 Å². The molecule has 2 heterocycles. The van der Waals surface area contributed by atoms with E-state index in [2.05, 4.69) is 34.3 Å². The monoisotopic (exact) mass is 264 g/mol. The number of hydrogen-bond donors (Lipinski definition) is 1. The maximum Gasteiger partial charge on any atom is 0.119 e. The lowest BCUT2D eigenvalue weighted by molar-refractivity contribution is 0.340. The van der Waals surface area contributed by atoms with Crippen molar-refractivity contribution in [3.63, 3.8) is 0 Å². The number of hydrogen-bond acceptors (Lipinski definition) is 2. The molecule has 0 amide bonds. The van der Waals surface area contributed by atoms with Crippen molar-refractivity contribution in [2.45, 2.75) is 6.92 Å². The number of pyridine rings is 1. The van der Waals surface area contributed by atoms with E-state index in [1.54, 1.807) is 0 Å². The average Bonchev–Trinajstić information content (AvgIpc) is 2.90. The van der Waals surface area contributed by atoms with Crippen molar-refractivity contribution in [1.29, 1.82) is 0 Å². The first-order chi connectivity index (χ1) is 9.86. The van der Waals surface area contributed by atoms with Crippen molar-refractivity contribution in [3.8, 4) is 5.75 Å². The number of aromatic amines is 1. The summed E-state index contributed by atoms with van der Waals surface area (Å²) in [4.78, 5) is 7.32. The second-order valence-electron chi connectivity index (χ2n) is 4.50. The van der Waals surface area contributed by atoms with E-state index in [1.807, 2.05) is 43.7 Å². The second-order valence-corrected chi connectivity index (χ2v) is 4.50. The third-order valence-corrected chi connectivity index (χ3v) is 3.16. The summed E-state index contributed by atoms with van der Waals surface area (Å²) in [7, 11) is 0. The molecule has 0 aliphatic rings. The number of nitrogens with zero attached hydrogens (tertiary/aromatic N) is 1. The predicted molar refractivity (Wildman–Crippen MR) is 82.6 cm³/mol. The van der Waals surface area contributed by atoms with Crippen molar-refractivity contribution in [3.05, 3.63) is 60.0 Å². The number of ether oxygens (including phenoxy) is 1. The molecule has 1 N–H and O–H groups in total. The summed E-state index contributed by atoms with van der Waals surface area (Å²) in [5, 5.41) is 1.18. The Kier molecular flexibility index (Phi) is 3.50. The highest BCUT2D eigenvalue weighted by atomic mass is 16.5. The van der Waals surface area contributed by atoms with Gasteiger partial charge in [-0.05, 0) is 36.2 Å². The van der Waals surface area contributed by atoms with Crippen LogP contribution in [0.15, 0.2) is 48.9 Å². The molecular weight excluding hydrogens is 248 g/mol. The number of benzene rings is 1. The minimum Gasteiger partial charge on any atom is -0.494 e. The Morgan fingerprint density at radius 3 is 2.80 bits per heavy atom. The van der Waals surface area contributed by atoms with Gasteiger partial charge in [0, 0.05) is 17.8 Å². The summed E-state index contributed by atoms with van der Waals surface area (Å²) in [5.74, 6) is 0.905. The molecule has 0 fully saturated rings. The van der Waals surface area contributed by atoms with E-state index in [-0.39, 0.29) is 0 Å². The molecule has 1 aromatic carbocycles. The zero-order valence-electron chi connectivity index (χ0n) is 11.3. The molecule has 0 aliphatic carbocycles. The van der Waals surface area contributed by atoms with E-state index in [4.69, 9.17) is 4.74 Å². The maximum absolute atomic E-state index is 5.43. The van der Waals surface area contributed by atoms with Gasteiger partial charge in [-0.15, -0.1) is 0 Å². The van der Waals surface area contributed by atoms with Gasteiger partial charge in [0.15, 0.2) is 0 Å². The molecule has 0 unspecified atom stereocenters. The molecule has 100 valence electrons. The summed E-state index contributed by atoms with van der Waals surface area (Å²) in [6.45, 7) is 2.68. The highest BCUT2D eigenvalue weighted by Crippen LogP contribution is 2.20. The minimum absolute atomic E-state index is 0.693. The van der Waals surface area contributed by atoms with E-state index in [1.165, 1.54) is 5.39 Å². The predicted octanol–water partition coefficient (Wildman–Crippen LogP) is 4.13. The summed E-state index contributed by atoms with van der Waals surface area (Å²) >= 11 is 0. The van der Waals surface area contributed by atoms with Gasteiger partial charge >= 0.3 is 0 Å². The van der Waals surface area contributed by atoms with Crippen LogP contribution >= 0.6 is 0 Å². The molecule has 3 rings (SSSR count). The molecule has 0 saturated carbocycles. The molecule has 20 heavy (non-hydrogen) atoms. The molecular formula is C17H16N2O. The lowest BCUT2D eigenvalue weighted by Gasteiger charge is -2.02. The van der Waals surface area contributed by atoms with Gasteiger partial charge in [-0.1, -0.05) is 24.3 Å². The van der Waals surface area contributed by atoms with Crippen LogP contribution in [-0.2, 0) is 0 Å². The largest absolute Gasteiger partial charge is 0.494 e. The van der Waals surface area contributed by atoms with Gasteiger partial charge in [-0.2, -0.15) is 0 Å². The zero-order valence-corrected chi connectivity index (χ0v) is 11.3. The summed E-state index contributed by atoms with van der Waals surface area (Å²) in [6.07, 6.45) is 9.85. The van der Waals surface area contributed by atoms with Crippen molar-refractivity contribution < 1.29 is 4.74 Å². The van der Waals surface area contributed by atoms with Crippen LogP contribution in [0.4, 0.5) is 0 Å². The Bertz CT molecular complexity index is 726. The third kappa shape index (κ3) is 2.57. The topological polar surface area (TPSA) is 37.9 Å². The van der Waals surface area contributed by atoms with Crippen LogP contribution in [0.1, 0.15) is 18.1 Å². The highest BCUT2D eigenvalue weighted by molar-refractivity contribution is 5.90. The minimum atomic E-state index is 0.693. The number of rotatable bonds is 4. The van der Waals surface area contributed by atoms with Gasteiger partial charge in [-0.3, -0.25) is 4.98 Å². The fraction of sp³-hybridized carbons (Fsp3) is 0.118. The SMILES string of the molecule is CCOc1ccc(/C=C/c2c[nH]c3cnccc23)cc1. The van der Waals surface area contributed by atoms with Crippen LogP contribution in [0.5, 0.6) is 5.75 Å². The molecule has 0 bridgehead atoms. The standard InChI is InChI=1S/C17H16N2O/c1-2-20-15-7-4-13(5-8-15)3-6-14-11-19-17-12-18-10-9-16(14)17/h3-12,19H,2H2,1H3/b6-3+. The molecule has 0 atom stereocenters. The Morgan fingerprint density at radius 2 is 2.00 bits per heavy atom. The smallest absolute Gasteiger partial charge is 0.119 e.